The van der Waals surface area contributed by atoms with Gasteiger partial charge in [0.15, 0.2) is 11.9 Å². The largest absolute Gasteiger partial charge is 0.478 e. The average molecular weight is 838 g/mol. The standard InChI is InChI=1S/C40H61FN5O11P/c1-2-3-4-5-6-7-8-9-10-11-12-13-14-15-16-17-20-53-25-33(54-24-30-21-31(40(49)50)23-32(41)22-30)26-56-58(51,52)57-27-36(55-28-42)38(48)37(47)34-18-19-35-39(43)44-29-45-46(34)35/h18-19,21-23,29,33,36-38,47-48H,2-17,20,24-27H2,1H3,(H,49,50)(H,51,52)(H2,43,44,45)/t33-,36-,37+,38-/m1/s1. The number of nitrogen functional groups attached to an aromatic ring is 1. The van der Waals surface area contributed by atoms with Crippen molar-refractivity contribution in [2.75, 3.05) is 32.2 Å². The van der Waals surface area contributed by atoms with Gasteiger partial charge in [-0.25, -0.2) is 23.2 Å². The van der Waals surface area contributed by atoms with Gasteiger partial charge in [-0.1, -0.05) is 103 Å². The van der Waals surface area contributed by atoms with Crippen molar-refractivity contribution in [2.24, 2.45) is 0 Å². The summed E-state index contributed by atoms with van der Waals surface area (Å²) < 4.78 is 54.9. The van der Waals surface area contributed by atoms with Crippen LogP contribution >= 0.6 is 7.82 Å². The second kappa shape index (κ2) is 27.1. The first-order valence-electron chi connectivity index (χ1n) is 20.3. The lowest BCUT2D eigenvalue weighted by Crippen LogP contribution is -2.37. The molecule has 0 aliphatic rings. The van der Waals surface area contributed by atoms with Crippen LogP contribution in [0.15, 0.2) is 36.7 Å². The SMILES string of the molecule is CCCCCCCCCCCCCCCCCCOC[C@H](COP(=O)(O)OC[C@@H](OC#N)[C@@H](O)[C@@H](O)c1ccc2c(N)ncnn12)OCc1cc(F)cc(C(=O)O)c1. The number of nitrogens with zero attached hydrogens (tertiary/aromatic N) is 4. The maximum Gasteiger partial charge on any atom is 0.472 e. The van der Waals surface area contributed by atoms with Crippen LogP contribution in [0.4, 0.5) is 10.2 Å². The number of carbonyl (C=O) groups is 1. The predicted molar refractivity (Wildman–Crippen MR) is 213 cm³/mol. The van der Waals surface area contributed by atoms with Crippen LogP contribution in [0.1, 0.15) is 137 Å². The highest BCUT2D eigenvalue weighted by atomic mass is 31.2. The Kier molecular flexibility index (Phi) is 22.7. The molecule has 1 aromatic carbocycles. The second-order valence-electron chi connectivity index (χ2n) is 14.4. The number of anilines is 1. The summed E-state index contributed by atoms with van der Waals surface area (Å²) in [6.45, 7) is 0.884. The van der Waals surface area contributed by atoms with Gasteiger partial charge in [0.05, 0.1) is 37.7 Å². The Morgan fingerprint density at radius 2 is 1.52 bits per heavy atom. The molecule has 0 amide bonds. The van der Waals surface area contributed by atoms with Crippen LogP contribution in [-0.4, -0.2) is 85.5 Å². The molecule has 6 N–H and O–H groups in total. The van der Waals surface area contributed by atoms with Crippen molar-refractivity contribution in [2.45, 2.75) is 141 Å². The molecule has 0 radical (unpaired) electrons. The summed E-state index contributed by atoms with van der Waals surface area (Å²) in [4.78, 5) is 25.8. The molecule has 3 aromatic rings. The van der Waals surface area contributed by atoms with Gasteiger partial charge in [0, 0.05) is 6.61 Å². The van der Waals surface area contributed by atoms with Gasteiger partial charge in [0.1, 0.15) is 36.0 Å². The van der Waals surface area contributed by atoms with Gasteiger partial charge >= 0.3 is 13.8 Å². The van der Waals surface area contributed by atoms with Gasteiger partial charge < -0.3 is 40.2 Å². The lowest BCUT2D eigenvalue weighted by Gasteiger charge is -2.25. The van der Waals surface area contributed by atoms with E-state index in [0.717, 1.165) is 44.1 Å². The molecule has 3 rings (SSSR count). The van der Waals surface area contributed by atoms with E-state index in [2.05, 4.69) is 17.0 Å². The number of benzene rings is 1. The Bertz CT molecular complexity index is 1730. The number of unbranched alkanes of at least 4 members (excludes halogenated alkanes) is 15. The molecule has 0 saturated carbocycles. The number of aromatic nitrogens is 3. The number of halogens is 1. The van der Waals surface area contributed by atoms with Crippen LogP contribution in [0.25, 0.3) is 5.52 Å². The van der Waals surface area contributed by atoms with Crippen molar-refractivity contribution in [3.05, 3.63) is 59.3 Å². The van der Waals surface area contributed by atoms with Crippen molar-refractivity contribution in [3.63, 3.8) is 0 Å². The lowest BCUT2D eigenvalue weighted by molar-refractivity contribution is -0.0821. The maximum atomic E-state index is 14.1. The number of rotatable bonds is 33. The first kappa shape index (κ1) is 48.6. The summed E-state index contributed by atoms with van der Waals surface area (Å²) in [5.74, 6) is -1.98. The lowest BCUT2D eigenvalue weighted by atomic mass is 10.0. The molecule has 0 bridgehead atoms. The van der Waals surface area contributed by atoms with E-state index in [0.29, 0.717) is 12.1 Å². The molecule has 18 heteroatoms. The summed E-state index contributed by atoms with van der Waals surface area (Å²) in [6, 6.07) is 6.16. The van der Waals surface area contributed by atoms with Crippen LogP contribution in [0.2, 0.25) is 0 Å². The van der Waals surface area contributed by atoms with E-state index < -0.39 is 57.2 Å². The van der Waals surface area contributed by atoms with Crippen LogP contribution in [0.5, 0.6) is 0 Å². The molecule has 324 valence electrons. The van der Waals surface area contributed by atoms with Crippen LogP contribution in [0.3, 0.4) is 0 Å². The minimum absolute atomic E-state index is 0.0694. The summed E-state index contributed by atoms with van der Waals surface area (Å²) in [5.41, 5.74) is 6.18. The number of aliphatic hydroxyl groups excluding tert-OH is 2. The normalized spacial score (nSPS) is 14.8. The van der Waals surface area contributed by atoms with Crippen LogP contribution in [-0.2, 0) is 34.4 Å². The molecule has 0 fully saturated rings. The van der Waals surface area contributed by atoms with Gasteiger partial charge in [-0.3, -0.25) is 9.05 Å². The highest BCUT2D eigenvalue weighted by Crippen LogP contribution is 2.44. The average Bonchev–Trinajstić information content (AvgIpc) is 3.64. The fourth-order valence-corrected chi connectivity index (χ4v) is 7.17. The minimum atomic E-state index is -4.90. The molecule has 16 nitrogen and oxygen atoms in total. The number of nitrogens with two attached hydrogens (primary N) is 1. The number of ether oxygens (including phenoxy) is 3. The van der Waals surface area contributed by atoms with Gasteiger partial charge in [-0.05, 0) is 42.3 Å². The number of hydrogen-bond acceptors (Lipinski definition) is 13. The Hall–Kier alpha value is -3.72. The molecular formula is C40H61FN5O11P. The van der Waals surface area contributed by atoms with Crippen molar-refractivity contribution in [1.29, 1.82) is 5.26 Å². The van der Waals surface area contributed by atoms with Crippen molar-refractivity contribution in [3.8, 4) is 6.26 Å². The molecule has 2 aromatic heterocycles. The third-order valence-corrected chi connectivity index (χ3v) is 10.6. The number of aliphatic hydroxyl groups is 2. The van der Waals surface area contributed by atoms with E-state index >= 15 is 0 Å². The Labute approximate surface area is 340 Å². The highest BCUT2D eigenvalue weighted by Gasteiger charge is 2.35. The van der Waals surface area contributed by atoms with Gasteiger partial charge in [0.2, 0.25) is 0 Å². The zero-order valence-electron chi connectivity index (χ0n) is 33.5. The smallest absolute Gasteiger partial charge is 0.472 e. The number of carboxylic acid groups (broad SMARTS) is 1. The minimum Gasteiger partial charge on any atom is -0.478 e. The number of phosphoric acid groups is 1. The monoisotopic (exact) mass is 837 g/mol. The predicted octanol–water partition coefficient (Wildman–Crippen LogP) is 7.41. The third kappa shape index (κ3) is 18.0. The van der Waals surface area contributed by atoms with Gasteiger partial charge in [-0.15, -0.1) is 0 Å². The van der Waals surface area contributed by atoms with E-state index in [9.17, 15) is 34.0 Å². The van der Waals surface area contributed by atoms with E-state index in [4.69, 9.17) is 34.3 Å². The van der Waals surface area contributed by atoms with Crippen LogP contribution < -0.4 is 5.73 Å². The molecule has 0 spiro atoms. The first-order valence-corrected chi connectivity index (χ1v) is 21.8. The number of carboxylic acids is 1. The van der Waals surface area contributed by atoms with Crippen molar-refractivity contribution >= 4 is 25.1 Å². The highest BCUT2D eigenvalue weighted by molar-refractivity contribution is 7.47. The Morgan fingerprint density at radius 1 is 0.914 bits per heavy atom. The fourth-order valence-electron chi connectivity index (χ4n) is 6.41. The third-order valence-electron chi connectivity index (χ3n) is 9.68. The summed E-state index contributed by atoms with van der Waals surface area (Å²) in [6.07, 6.45) is 16.1. The molecule has 0 aliphatic heterocycles. The quantitative estimate of drug-likeness (QED) is 0.0228. The molecule has 2 heterocycles. The van der Waals surface area contributed by atoms with Crippen molar-refractivity contribution < 1.29 is 57.2 Å². The van der Waals surface area contributed by atoms with Gasteiger partial charge in [-0.2, -0.15) is 10.4 Å². The molecule has 0 saturated heterocycles. The van der Waals surface area contributed by atoms with E-state index in [1.165, 1.54) is 106 Å². The van der Waals surface area contributed by atoms with Crippen molar-refractivity contribution in [1.82, 2.24) is 14.6 Å². The van der Waals surface area contributed by atoms with Gasteiger partial charge in [0.25, 0.3) is 6.26 Å². The topological polar surface area (TPSA) is 241 Å². The number of nitriles is 1. The molecule has 58 heavy (non-hydrogen) atoms. The zero-order valence-corrected chi connectivity index (χ0v) is 34.4. The van der Waals surface area contributed by atoms with E-state index in [-0.39, 0.29) is 35.9 Å². The fraction of sp³-hybridized carbons (Fsp3) is 0.650. The Morgan fingerprint density at radius 3 is 2.12 bits per heavy atom. The van der Waals surface area contributed by atoms with E-state index in [1.54, 1.807) is 0 Å². The Balaban J connectivity index is 1.44. The number of hydrogen-bond donors (Lipinski definition) is 5. The number of aromatic carboxylic acids is 1. The van der Waals surface area contributed by atoms with E-state index in [1.807, 2.05) is 0 Å². The molecule has 0 aliphatic carbocycles. The molecule has 5 atom stereocenters. The van der Waals surface area contributed by atoms with Crippen LogP contribution in [0, 0.1) is 17.3 Å². The summed E-state index contributed by atoms with van der Waals surface area (Å²) in [7, 11) is -4.90. The summed E-state index contributed by atoms with van der Waals surface area (Å²) in [5, 5.41) is 44.2. The summed E-state index contributed by atoms with van der Waals surface area (Å²) >= 11 is 0. The number of fused-ring (bicyclic) bond motifs is 1. The molecule has 1 unspecified atom stereocenters. The molecular weight excluding hydrogens is 776 g/mol. The maximum absolute atomic E-state index is 14.1. The zero-order chi connectivity index (χ0) is 42.2. The first-order chi connectivity index (χ1) is 28.0. The second-order valence-corrected chi connectivity index (χ2v) is 15.9. The number of phosphoric ester groups is 1.